The lowest BCUT2D eigenvalue weighted by Crippen LogP contribution is -2.23. The van der Waals surface area contributed by atoms with Gasteiger partial charge in [0.15, 0.2) is 17.2 Å². The second-order valence-electron chi connectivity index (χ2n) is 8.27. The molecule has 0 radical (unpaired) electrons. The summed E-state index contributed by atoms with van der Waals surface area (Å²) in [7, 11) is 0. The Morgan fingerprint density at radius 1 is 1.26 bits per heavy atom. The zero-order valence-corrected chi connectivity index (χ0v) is 20.0. The summed E-state index contributed by atoms with van der Waals surface area (Å²) in [6.07, 6.45) is 11.1. The molecule has 172 valence electrons. The van der Waals surface area contributed by atoms with Gasteiger partial charge >= 0.3 is 0 Å². The molecule has 6 rings (SSSR count). The molecule has 0 spiro atoms. The summed E-state index contributed by atoms with van der Waals surface area (Å²) >= 11 is 9.48. The van der Waals surface area contributed by atoms with E-state index >= 15 is 0 Å². The standard InChI is InChI=1S/C22H17BrClFN8O/c23-15-5-13(12-1-2-12)7-32-8-14(28-21(15)32)9-33-10-18(29-30-33)22(34)26-6-17-20-19(25)16(24)3-4-31(20)11-27-17/h3-5,7-8,10-12H,1-2,6,9H2,(H,26,34). The number of imidazole rings is 2. The summed E-state index contributed by atoms with van der Waals surface area (Å²) in [4.78, 5) is 21.4. The summed E-state index contributed by atoms with van der Waals surface area (Å²) in [5, 5.41) is 10.7. The van der Waals surface area contributed by atoms with E-state index in [0.29, 0.717) is 18.2 Å². The normalized spacial score (nSPS) is 13.7. The molecule has 0 bridgehead atoms. The van der Waals surface area contributed by atoms with Gasteiger partial charge < -0.3 is 14.1 Å². The van der Waals surface area contributed by atoms with Gasteiger partial charge in [0.05, 0.1) is 46.5 Å². The monoisotopic (exact) mass is 542 g/mol. The van der Waals surface area contributed by atoms with E-state index in [1.54, 1.807) is 17.1 Å². The number of rotatable bonds is 6. The van der Waals surface area contributed by atoms with E-state index < -0.39 is 11.7 Å². The van der Waals surface area contributed by atoms with Crippen LogP contribution in [0.15, 0.2) is 47.7 Å². The summed E-state index contributed by atoms with van der Waals surface area (Å²) < 4.78 is 20.4. The number of hydrogen-bond acceptors (Lipinski definition) is 5. The zero-order valence-electron chi connectivity index (χ0n) is 17.6. The summed E-state index contributed by atoms with van der Waals surface area (Å²) in [5.74, 6) is -0.390. The van der Waals surface area contributed by atoms with Crippen molar-refractivity contribution in [2.45, 2.75) is 31.8 Å². The maximum absolute atomic E-state index is 14.4. The van der Waals surface area contributed by atoms with Crippen LogP contribution in [0.2, 0.25) is 5.02 Å². The lowest BCUT2D eigenvalue weighted by molar-refractivity contribution is 0.0945. The molecule has 1 fully saturated rings. The quantitative estimate of drug-likeness (QED) is 0.350. The van der Waals surface area contributed by atoms with E-state index in [0.717, 1.165) is 15.8 Å². The van der Waals surface area contributed by atoms with Gasteiger partial charge in [0.25, 0.3) is 5.91 Å². The number of nitrogens with zero attached hydrogens (tertiary/aromatic N) is 7. The minimum atomic E-state index is -0.583. The highest BCUT2D eigenvalue weighted by Gasteiger charge is 2.25. The minimum absolute atomic E-state index is 0.00809. The van der Waals surface area contributed by atoms with Crippen LogP contribution in [0.4, 0.5) is 4.39 Å². The van der Waals surface area contributed by atoms with Gasteiger partial charge in [-0.15, -0.1) is 5.10 Å². The zero-order chi connectivity index (χ0) is 23.4. The molecule has 9 nitrogen and oxygen atoms in total. The van der Waals surface area contributed by atoms with Crippen molar-refractivity contribution in [2.75, 3.05) is 0 Å². The first kappa shape index (κ1) is 21.2. The van der Waals surface area contributed by atoms with Crippen LogP contribution in [-0.2, 0) is 13.1 Å². The Hall–Kier alpha value is -3.31. The Kier molecular flexibility index (Phi) is 5.10. The lowest BCUT2D eigenvalue weighted by Gasteiger charge is -2.03. The number of pyridine rings is 2. The lowest BCUT2D eigenvalue weighted by atomic mass is 10.2. The van der Waals surface area contributed by atoms with Gasteiger partial charge in [-0.05, 0) is 52.4 Å². The Balaban J connectivity index is 1.16. The fourth-order valence-corrected chi connectivity index (χ4v) is 4.66. The van der Waals surface area contributed by atoms with Gasteiger partial charge in [-0.1, -0.05) is 16.8 Å². The highest BCUT2D eigenvalue weighted by atomic mass is 79.9. The molecule has 1 aliphatic carbocycles. The molecule has 1 aliphatic rings. The minimum Gasteiger partial charge on any atom is -0.345 e. The van der Waals surface area contributed by atoms with Crippen LogP contribution in [0.3, 0.4) is 0 Å². The van der Waals surface area contributed by atoms with E-state index in [9.17, 15) is 9.18 Å². The van der Waals surface area contributed by atoms with Crippen molar-refractivity contribution in [1.82, 2.24) is 39.1 Å². The Labute approximate surface area is 205 Å². The number of carbonyl (C=O) groups is 1. The molecule has 1 N–H and O–H groups in total. The second kappa shape index (κ2) is 8.17. The summed E-state index contributed by atoms with van der Waals surface area (Å²) in [6, 6.07) is 3.57. The first-order valence-corrected chi connectivity index (χ1v) is 11.8. The predicted molar refractivity (Wildman–Crippen MR) is 125 cm³/mol. The number of fused-ring (bicyclic) bond motifs is 2. The summed E-state index contributed by atoms with van der Waals surface area (Å²) in [5.41, 5.74) is 3.65. The summed E-state index contributed by atoms with van der Waals surface area (Å²) in [6.45, 7) is 0.381. The van der Waals surface area contributed by atoms with E-state index in [1.165, 1.54) is 35.2 Å². The second-order valence-corrected chi connectivity index (χ2v) is 9.53. The number of amides is 1. The number of nitrogens with one attached hydrogen (secondary N) is 1. The van der Waals surface area contributed by atoms with E-state index in [-0.39, 0.29) is 22.8 Å². The molecular weight excluding hydrogens is 527 g/mol. The average Bonchev–Trinajstić information content (AvgIpc) is 3.22. The Morgan fingerprint density at radius 3 is 2.94 bits per heavy atom. The topological polar surface area (TPSA) is 94.4 Å². The molecule has 1 saturated carbocycles. The van der Waals surface area contributed by atoms with Crippen LogP contribution in [0, 0.1) is 5.82 Å². The van der Waals surface area contributed by atoms with Crippen molar-refractivity contribution in [3.8, 4) is 0 Å². The molecule has 0 saturated heterocycles. The van der Waals surface area contributed by atoms with Crippen LogP contribution in [0.1, 0.15) is 46.2 Å². The molecule has 0 atom stereocenters. The van der Waals surface area contributed by atoms with Crippen molar-refractivity contribution in [3.05, 3.63) is 81.2 Å². The Morgan fingerprint density at radius 2 is 2.12 bits per heavy atom. The van der Waals surface area contributed by atoms with Gasteiger partial charge in [-0.2, -0.15) is 0 Å². The molecule has 1 amide bonds. The van der Waals surface area contributed by atoms with Crippen LogP contribution < -0.4 is 5.32 Å². The maximum Gasteiger partial charge on any atom is 0.273 e. The van der Waals surface area contributed by atoms with Crippen molar-refractivity contribution < 1.29 is 9.18 Å². The largest absolute Gasteiger partial charge is 0.345 e. The van der Waals surface area contributed by atoms with Gasteiger partial charge in [0.1, 0.15) is 5.52 Å². The van der Waals surface area contributed by atoms with E-state index in [2.05, 4.69) is 53.8 Å². The van der Waals surface area contributed by atoms with Crippen molar-refractivity contribution in [1.29, 1.82) is 0 Å². The molecule has 5 aromatic heterocycles. The predicted octanol–water partition coefficient (Wildman–Crippen LogP) is 3.98. The van der Waals surface area contributed by atoms with E-state index in [1.807, 2.05) is 10.6 Å². The SMILES string of the molecule is O=C(NCc1ncn2ccc(Cl)c(F)c12)c1cn(Cc2cn3cc(C4CC4)cc(Br)c3n2)nn1. The molecular formula is C22H17BrClFN8O. The van der Waals surface area contributed by atoms with E-state index in [4.69, 9.17) is 11.6 Å². The Bertz CT molecular complexity index is 1570. The number of aromatic nitrogens is 7. The van der Waals surface area contributed by atoms with Gasteiger partial charge in [0, 0.05) is 18.6 Å². The van der Waals surface area contributed by atoms with Gasteiger partial charge in [-0.3, -0.25) is 4.79 Å². The number of halogens is 3. The van der Waals surface area contributed by atoms with Crippen LogP contribution in [0.25, 0.3) is 11.2 Å². The third-order valence-corrected chi connectivity index (χ3v) is 6.68. The van der Waals surface area contributed by atoms with Crippen LogP contribution in [-0.4, -0.2) is 39.7 Å². The highest BCUT2D eigenvalue weighted by Crippen LogP contribution is 2.41. The highest BCUT2D eigenvalue weighted by molar-refractivity contribution is 9.10. The number of carbonyl (C=O) groups excluding carboxylic acids is 1. The third-order valence-electron chi connectivity index (χ3n) is 5.81. The third kappa shape index (κ3) is 3.84. The fourth-order valence-electron chi connectivity index (χ4n) is 3.96. The van der Waals surface area contributed by atoms with Gasteiger partial charge in [-0.25, -0.2) is 19.0 Å². The van der Waals surface area contributed by atoms with Gasteiger partial charge in [0.2, 0.25) is 0 Å². The van der Waals surface area contributed by atoms with Crippen molar-refractivity contribution in [3.63, 3.8) is 0 Å². The number of hydrogen-bond donors (Lipinski definition) is 1. The molecule has 0 unspecified atom stereocenters. The van der Waals surface area contributed by atoms with Crippen LogP contribution in [0.5, 0.6) is 0 Å². The van der Waals surface area contributed by atoms with Crippen LogP contribution >= 0.6 is 27.5 Å². The van der Waals surface area contributed by atoms with Crippen molar-refractivity contribution >= 4 is 44.6 Å². The smallest absolute Gasteiger partial charge is 0.273 e. The first-order chi connectivity index (χ1) is 16.5. The molecule has 12 heteroatoms. The molecule has 5 heterocycles. The molecule has 0 aromatic carbocycles. The van der Waals surface area contributed by atoms with Crippen molar-refractivity contribution in [2.24, 2.45) is 0 Å². The average molecular weight is 544 g/mol. The maximum atomic E-state index is 14.4. The fraction of sp³-hybridized carbons (Fsp3) is 0.227. The molecule has 34 heavy (non-hydrogen) atoms. The molecule has 5 aromatic rings. The first-order valence-electron chi connectivity index (χ1n) is 10.6. The molecule has 0 aliphatic heterocycles.